The molecule has 1 aromatic rings. The van der Waals surface area contributed by atoms with Gasteiger partial charge in [0.05, 0.1) is 12.1 Å². The van der Waals surface area contributed by atoms with E-state index in [0.29, 0.717) is 0 Å². The maximum absolute atomic E-state index is 13.5. The van der Waals surface area contributed by atoms with Gasteiger partial charge in [0.25, 0.3) is 5.91 Å². The van der Waals surface area contributed by atoms with Gasteiger partial charge in [0, 0.05) is 19.7 Å². The van der Waals surface area contributed by atoms with Crippen molar-refractivity contribution in [3.8, 4) is 11.8 Å². The van der Waals surface area contributed by atoms with Crippen molar-refractivity contribution in [2.75, 3.05) is 20.6 Å². The lowest BCUT2D eigenvalue weighted by Gasteiger charge is -2.11. The summed E-state index contributed by atoms with van der Waals surface area (Å²) in [6.07, 6.45) is 0. The largest absolute Gasteiger partial charge is 0.320 e. The van der Waals surface area contributed by atoms with Gasteiger partial charge in [-0.05, 0) is 18.2 Å². The summed E-state index contributed by atoms with van der Waals surface area (Å²) in [6.45, 7) is 0.169. The van der Waals surface area contributed by atoms with Crippen molar-refractivity contribution in [3.63, 3.8) is 0 Å². The summed E-state index contributed by atoms with van der Waals surface area (Å²) in [6, 6.07) is 4.13. The van der Waals surface area contributed by atoms with Crippen LogP contribution in [0.15, 0.2) is 18.2 Å². The molecule has 1 aromatic carbocycles. The highest BCUT2D eigenvalue weighted by molar-refractivity contribution is 5.93. The normalized spacial score (nSPS) is 9.71. The van der Waals surface area contributed by atoms with Crippen molar-refractivity contribution in [3.05, 3.63) is 35.1 Å². The third kappa shape index (κ3) is 3.87. The SMILES string of the molecule is CN(C)NC(=O)c1ccc(C#CCN)c(F)c1. The second-order valence-corrected chi connectivity index (χ2v) is 3.54. The number of hydrogen-bond donors (Lipinski definition) is 2. The van der Waals surface area contributed by atoms with E-state index < -0.39 is 5.82 Å². The molecule has 5 heteroatoms. The van der Waals surface area contributed by atoms with E-state index in [9.17, 15) is 9.18 Å². The third-order valence-corrected chi connectivity index (χ3v) is 1.88. The standard InChI is InChI=1S/C12H14FN3O/c1-16(2)15-12(17)10-6-5-9(4-3-7-14)11(13)8-10/h5-6,8H,7,14H2,1-2H3,(H,15,17). The number of rotatable bonds is 2. The first-order valence-corrected chi connectivity index (χ1v) is 5.01. The van der Waals surface area contributed by atoms with Crippen LogP contribution in [0.2, 0.25) is 0 Å². The van der Waals surface area contributed by atoms with E-state index in [1.807, 2.05) is 0 Å². The molecule has 4 nitrogen and oxygen atoms in total. The Morgan fingerprint density at radius 1 is 1.53 bits per heavy atom. The first-order valence-electron chi connectivity index (χ1n) is 5.01. The van der Waals surface area contributed by atoms with Crippen LogP contribution in [0.5, 0.6) is 0 Å². The number of hydrazine groups is 1. The zero-order valence-corrected chi connectivity index (χ0v) is 9.75. The van der Waals surface area contributed by atoms with Crippen molar-refractivity contribution in [2.24, 2.45) is 5.73 Å². The minimum absolute atomic E-state index is 0.169. The Kier molecular flexibility index (Phi) is 4.64. The highest BCUT2D eigenvalue weighted by Gasteiger charge is 2.09. The fourth-order valence-corrected chi connectivity index (χ4v) is 1.17. The summed E-state index contributed by atoms with van der Waals surface area (Å²) in [5.74, 6) is 4.24. The Hall–Kier alpha value is -1.90. The van der Waals surface area contributed by atoms with Crippen LogP contribution < -0.4 is 11.2 Å². The predicted octanol–water partition coefficient (Wildman–Crippen LogP) is 0.342. The van der Waals surface area contributed by atoms with Crippen LogP contribution in [-0.2, 0) is 0 Å². The van der Waals surface area contributed by atoms with E-state index in [-0.39, 0.29) is 23.6 Å². The molecule has 3 N–H and O–H groups in total. The molecule has 0 aromatic heterocycles. The molecule has 0 saturated heterocycles. The quantitative estimate of drug-likeness (QED) is 0.574. The molecule has 0 radical (unpaired) electrons. The number of benzene rings is 1. The van der Waals surface area contributed by atoms with Crippen molar-refractivity contribution < 1.29 is 9.18 Å². The lowest BCUT2D eigenvalue weighted by molar-refractivity contribution is 0.0856. The van der Waals surface area contributed by atoms with Crippen molar-refractivity contribution >= 4 is 5.91 Å². The molecule has 0 atom stereocenters. The lowest BCUT2D eigenvalue weighted by Crippen LogP contribution is -2.36. The molecule has 1 amide bonds. The average molecular weight is 235 g/mol. The highest BCUT2D eigenvalue weighted by atomic mass is 19.1. The Balaban J connectivity index is 2.92. The fourth-order valence-electron chi connectivity index (χ4n) is 1.17. The molecule has 0 bridgehead atoms. The molecule has 0 heterocycles. The maximum atomic E-state index is 13.5. The minimum atomic E-state index is -0.530. The molecule has 1 rings (SSSR count). The molecule has 0 aliphatic carbocycles. The Morgan fingerprint density at radius 2 is 2.24 bits per heavy atom. The number of amides is 1. The number of nitrogens with one attached hydrogen (secondary N) is 1. The van der Waals surface area contributed by atoms with Crippen LogP contribution in [-0.4, -0.2) is 31.6 Å². The summed E-state index contributed by atoms with van der Waals surface area (Å²) >= 11 is 0. The number of carbonyl (C=O) groups is 1. The number of halogens is 1. The zero-order valence-electron chi connectivity index (χ0n) is 9.75. The first-order chi connectivity index (χ1) is 8.04. The summed E-state index contributed by atoms with van der Waals surface area (Å²) in [5.41, 5.74) is 8.19. The molecule has 0 saturated carbocycles. The van der Waals surface area contributed by atoms with Gasteiger partial charge in [0.15, 0.2) is 0 Å². The predicted molar refractivity (Wildman–Crippen MR) is 63.5 cm³/mol. The van der Waals surface area contributed by atoms with Gasteiger partial charge in [0.2, 0.25) is 0 Å². The van der Waals surface area contributed by atoms with E-state index in [1.54, 1.807) is 14.1 Å². The van der Waals surface area contributed by atoms with Gasteiger partial charge in [-0.15, -0.1) is 0 Å². The van der Waals surface area contributed by atoms with Crippen molar-refractivity contribution in [1.29, 1.82) is 0 Å². The van der Waals surface area contributed by atoms with Gasteiger partial charge in [0.1, 0.15) is 5.82 Å². The van der Waals surface area contributed by atoms with Gasteiger partial charge in [-0.3, -0.25) is 10.2 Å². The molecule has 17 heavy (non-hydrogen) atoms. The molecule has 90 valence electrons. The van der Waals surface area contributed by atoms with Crippen molar-refractivity contribution in [1.82, 2.24) is 10.4 Å². The lowest BCUT2D eigenvalue weighted by atomic mass is 10.1. The van der Waals surface area contributed by atoms with Crippen molar-refractivity contribution in [2.45, 2.75) is 0 Å². The van der Waals surface area contributed by atoms with Crippen LogP contribution in [0.4, 0.5) is 4.39 Å². The summed E-state index contributed by atoms with van der Waals surface area (Å²) in [4.78, 5) is 11.6. The monoisotopic (exact) mass is 235 g/mol. The van der Waals surface area contributed by atoms with Gasteiger partial charge in [-0.1, -0.05) is 11.8 Å². The van der Waals surface area contributed by atoms with E-state index >= 15 is 0 Å². The highest BCUT2D eigenvalue weighted by Crippen LogP contribution is 2.09. The molecular formula is C12H14FN3O. The van der Waals surface area contributed by atoms with Gasteiger partial charge < -0.3 is 5.73 Å². The van der Waals surface area contributed by atoms with Crippen LogP contribution >= 0.6 is 0 Å². The second-order valence-electron chi connectivity index (χ2n) is 3.54. The summed E-state index contributed by atoms with van der Waals surface area (Å²) in [7, 11) is 3.35. The molecule has 0 aliphatic rings. The van der Waals surface area contributed by atoms with Crippen LogP contribution in [0.3, 0.4) is 0 Å². The third-order valence-electron chi connectivity index (χ3n) is 1.88. The minimum Gasteiger partial charge on any atom is -0.320 e. The van der Waals surface area contributed by atoms with E-state index in [2.05, 4.69) is 17.3 Å². The number of carbonyl (C=O) groups excluding carboxylic acids is 1. The molecular weight excluding hydrogens is 221 g/mol. The smallest absolute Gasteiger partial charge is 0.265 e. The Labute approximate surface area is 99.6 Å². The Bertz CT molecular complexity index is 474. The molecule has 0 fully saturated rings. The first kappa shape index (κ1) is 13.2. The zero-order chi connectivity index (χ0) is 12.8. The Morgan fingerprint density at radius 3 is 2.76 bits per heavy atom. The number of nitrogens with zero attached hydrogens (tertiary/aromatic N) is 1. The van der Waals surface area contributed by atoms with E-state index in [1.165, 1.54) is 17.1 Å². The fraction of sp³-hybridized carbons (Fsp3) is 0.250. The number of hydrogen-bond acceptors (Lipinski definition) is 3. The molecule has 0 spiro atoms. The maximum Gasteiger partial charge on any atom is 0.265 e. The van der Waals surface area contributed by atoms with Gasteiger partial charge >= 0.3 is 0 Å². The van der Waals surface area contributed by atoms with E-state index in [4.69, 9.17) is 5.73 Å². The topological polar surface area (TPSA) is 58.4 Å². The van der Waals surface area contributed by atoms with Crippen LogP contribution in [0, 0.1) is 17.7 Å². The van der Waals surface area contributed by atoms with Gasteiger partial charge in [-0.25, -0.2) is 9.40 Å². The number of nitrogens with two attached hydrogens (primary N) is 1. The van der Waals surface area contributed by atoms with Gasteiger partial charge in [-0.2, -0.15) is 0 Å². The average Bonchev–Trinajstić information content (AvgIpc) is 2.26. The van der Waals surface area contributed by atoms with Crippen LogP contribution in [0.1, 0.15) is 15.9 Å². The summed E-state index contributed by atoms with van der Waals surface area (Å²) in [5, 5.41) is 1.49. The van der Waals surface area contributed by atoms with E-state index in [0.717, 1.165) is 6.07 Å². The second kappa shape index (κ2) is 5.99. The summed E-state index contributed by atoms with van der Waals surface area (Å²) < 4.78 is 13.5. The molecule has 0 aliphatic heterocycles. The molecule has 0 unspecified atom stereocenters. The van der Waals surface area contributed by atoms with Crippen LogP contribution in [0.25, 0.3) is 0 Å².